The quantitative estimate of drug-likeness (QED) is 0.415. The summed E-state index contributed by atoms with van der Waals surface area (Å²) in [5.41, 5.74) is 5.93. The summed E-state index contributed by atoms with van der Waals surface area (Å²) in [5, 5.41) is 12.9. The van der Waals surface area contributed by atoms with Crippen molar-refractivity contribution in [1.82, 2.24) is 25.3 Å². The molecule has 2 aromatic heterocycles. The van der Waals surface area contributed by atoms with Crippen LogP contribution in [0, 0.1) is 20.8 Å². The number of benzene rings is 2. The standard InChI is InChI=1S/C29H32N6O3/c1-18-8-9-24-19(2)12-27(31-28(24)20(18)3)34-15-25-26(16-34)38-17-22-14-35(33-32-22)10-5-11-37-23-7-4-6-21(13-23)29(36)30-25/h4,6-9,12-14,25-26H,5,10-11,15-17H2,1-3H3,(H,30,36)/t25-,26-/m0/s1. The molecule has 38 heavy (non-hydrogen) atoms. The number of pyridine rings is 1. The fourth-order valence-corrected chi connectivity index (χ4v) is 5.21. The van der Waals surface area contributed by atoms with Crippen molar-refractivity contribution in [2.75, 3.05) is 24.6 Å². The highest BCUT2D eigenvalue weighted by molar-refractivity contribution is 5.95. The summed E-state index contributed by atoms with van der Waals surface area (Å²) in [7, 11) is 0. The third kappa shape index (κ3) is 4.81. The number of anilines is 1. The van der Waals surface area contributed by atoms with Gasteiger partial charge in [0.05, 0.1) is 37.1 Å². The monoisotopic (exact) mass is 512 g/mol. The van der Waals surface area contributed by atoms with Gasteiger partial charge in [0.2, 0.25) is 0 Å². The second-order valence-electron chi connectivity index (χ2n) is 10.2. The Morgan fingerprint density at radius 3 is 2.84 bits per heavy atom. The van der Waals surface area contributed by atoms with Crippen molar-refractivity contribution in [2.45, 2.75) is 52.5 Å². The molecule has 0 radical (unpaired) electrons. The van der Waals surface area contributed by atoms with E-state index in [-0.39, 0.29) is 18.1 Å². The molecule has 4 bridgehead atoms. The van der Waals surface area contributed by atoms with Crippen LogP contribution in [0.3, 0.4) is 0 Å². The van der Waals surface area contributed by atoms with Gasteiger partial charge in [0.25, 0.3) is 5.91 Å². The molecule has 2 aromatic carbocycles. The number of carbonyl (C=O) groups is 1. The summed E-state index contributed by atoms with van der Waals surface area (Å²) in [4.78, 5) is 20.6. The molecule has 4 aromatic rings. The van der Waals surface area contributed by atoms with Crippen molar-refractivity contribution >= 4 is 22.6 Å². The van der Waals surface area contributed by atoms with Crippen LogP contribution in [0.25, 0.3) is 10.9 Å². The van der Waals surface area contributed by atoms with Gasteiger partial charge in [0.1, 0.15) is 17.3 Å². The lowest BCUT2D eigenvalue weighted by molar-refractivity contribution is 0.0347. The van der Waals surface area contributed by atoms with E-state index in [2.05, 4.69) is 59.5 Å². The molecule has 196 valence electrons. The highest BCUT2D eigenvalue weighted by Crippen LogP contribution is 2.29. The predicted molar refractivity (Wildman–Crippen MR) is 145 cm³/mol. The largest absolute Gasteiger partial charge is 0.494 e. The number of rotatable bonds is 1. The smallest absolute Gasteiger partial charge is 0.251 e. The van der Waals surface area contributed by atoms with E-state index >= 15 is 0 Å². The van der Waals surface area contributed by atoms with Crippen LogP contribution in [0.15, 0.2) is 48.7 Å². The van der Waals surface area contributed by atoms with Gasteiger partial charge in [-0.25, -0.2) is 4.98 Å². The Labute approximate surface area is 221 Å². The Balaban J connectivity index is 1.31. The first-order chi connectivity index (χ1) is 18.4. The lowest BCUT2D eigenvalue weighted by atomic mass is 10.0. The Bertz CT molecular complexity index is 1500. The molecule has 0 unspecified atom stereocenters. The van der Waals surface area contributed by atoms with Gasteiger partial charge in [0.15, 0.2) is 0 Å². The van der Waals surface area contributed by atoms with Crippen molar-refractivity contribution < 1.29 is 14.3 Å². The molecule has 9 heteroatoms. The topological polar surface area (TPSA) is 94.4 Å². The summed E-state index contributed by atoms with van der Waals surface area (Å²) in [6.07, 6.45) is 2.44. The van der Waals surface area contributed by atoms with Crippen LogP contribution in [0.5, 0.6) is 5.75 Å². The van der Waals surface area contributed by atoms with Gasteiger partial charge in [-0.15, -0.1) is 5.10 Å². The van der Waals surface area contributed by atoms with E-state index in [1.165, 1.54) is 16.7 Å². The molecule has 1 N–H and O–H groups in total. The summed E-state index contributed by atoms with van der Waals surface area (Å²) in [6, 6.07) is 13.5. The molecule has 6 rings (SSSR count). The van der Waals surface area contributed by atoms with Crippen LogP contribution < -0.4 is 15.0 Å². The van der Waals surface area contributed by atoms with E-state index in [0.717, 1.165) is 28.8 Å². The van der Waals surface area contributed by atoms with E-state index in [1.807, 2.05) is 29.1 Å². The van der Waals surface area contributed by atoms with Crippen LogP contribution in [-0.4, -0.2) is 57.7 Å². The average molecular weight is 513 g/mol. The molecule has 1 saturated heterocycles. The van der Waals surface area contributed by atoms with Crippen molar-refractivity contribution in [2.24, 2.45) is 0 Å². The number of fused-ring (bicyclic) bond motifs is 6. The number of hydrogen-bond donors (Lipinski definition) is 1. The SMILES string of the molecule is Cc1ccc2c(C)cc(N3C[C@@H]4NC(=O)c5cccc(c5)OCCCn5cc(nn5)CO[C@H]4C3)nc2c1C. The van der Waals surface area contributed by atoms with E-state index < -0.39 is 0 Å². The molecule has 0 spiro atoms. The maximum Gasteiger partial charge on any atom is 0.251 e. The van der Waals surface area contributed by atoms with E-state index in [4.69, 9.17) is 14.5 Å². The molecule has 9 nitrogen and oxygen atoms in total. The van der Waals surface area contributed by atoms with Gasteiger partial charge >= 0.3 is 0 Å². The number of carbonyl (C=O) groups excluding carboxylic acids is 1. The Morgan fingerprint density at radius 2 is 1.95 bits per heavy atom. The summed E-state index contributed by atoms with van der Waals surface area (Å²) in [6.45, 7) is 9.07. The van der Waals surface area contributed by atoms with E-state index in [1.54, 1.807) is 6.07 Å². The zero-order chi connectivity index (χ0) is 26.2. The minimum absolute atomic E-state index is 0.150. The molecule has 2 atom stereocenters. The van der Waals surface area contributed by atoms with Crippen molar-refractivity contribution in [3.8, 4) is 5.75 Å². The highest BCUT2D eigenvalue weighted by atomic mass is 16.5. The van der Waals surface area contributed by atoms with Gasteiger partial charge < -0.3 is 19.7 Å². The molecule has 0 saturated carbocycles. The molecule has 2 aliphatic heterocycles. The first-order valence-electron chi connectivity index (χ1n) is 13.1. The molecule has 4 heterocycles. The predicted octanol–water partition coefficient (Wildman–Crippen LogP) is 3.74. The van der Waals surface area contributed by atoms with Crippen molar-refractivity contribution in [3.05, 3.63) is 76.6 Å². The second-order valence-corrected chi connectivity index (χ2v) is 10.2. The number of aromatic nitrogens is 4. The van der Waals surface area contributed by atoms with Gasteiger partial charge in [-0.1, -0.05) is 23.4 Å². The normalized spacial score (nSPS) is 20.2. The van der Waals surface area contributed by atoms with Gasteiger partial charge in [0, 0.05) is 37.0 Å². The van der Waals surface area contributed by atoms with Crippen molar-refractivity contribution in [1.29, 1.82) is 0 Å². The summed E-state index contributed by atoms with van der Waals surface area (Å²) < 4.78 is 14.1. The molecular formula is C29H32N6O3. The zero-order valence-electron chi connectivity index (χ0n) is 22.0. The van der Waals surface area contributed by atoms with Crippen LogP contribution in [0.1, 0.15) is 39.2 Å². The number of aryl methyl sites for hydroxylation is 4. The minimum Gasteiger partial charge on any atom is -0.494 e. The average Bonchev–Trinajstić information content (AvgIpc) is 3.54. The lowest BCUT2D eigenvalue weighted by Gasteiger charge is -2.20. The maximum absolute atomic E-state index is 13.3. The fourth-order valence-electron chi connectivity index (χ4n) is 5.21. The van der Waals surface area contributed by atoms with Gasteiger partial charge in [-0.3, -0.25) is 9.48 Å². The first kappa shape index (κ1) is 24.4. The Kier molecular flexibility index (Phi) is 6.45. The second kappa shape index (κ2) is 10.1. The molecular weight excluding hydrogens is 480 g/mol. The van der Waals surface area contributed by atoms with E-state index in [9.17, 15) is 4.79 Å². The molecule has 1 amide bonds. The third-order valence-electron chi connectivity index (χ3n) is 7.53. The number of hydrogen-bond acceptors (Lipinski definition) is 7. The fraction of sp³-hybridized carbons (Fsp3) is 0.379. The van der Waals surface area contributed by atoms with Crippen LogP contribution >= 0.6 is 0 Å². The number of nitrogens with zero attached hydrogens (tertiary/aromatic N) is 5. The van der Waals surface area contributed by atoms with E-state index in [0.29, 0.717) is 44.2 Å². The first-order valence-corrected chi connectivity index (χ1v) is 13.1. The van der Waals surface area contributed by atoms with Crippen LogP contribution in [0.4, 0.5) is 5.82 Å². The minimum atomic E-state index is -0.243. The number of ether oxygens (including phenoxy) is 2. The van der Waals surface area contributed by atoms with Crippen LogP contribution in [0.2, 0.25) is 0 Å². The lowest BCUT2D eigenvalue weighted by Crippen LogP contribution is -2.44. The summed E-state index contributed by atoms with van der Waals surface area (Å²) in [5.74, 6) is 1.41. The zero-order valence-corrected chi connectivity index (χ0v) is 22.0. The summed E-state index contributed by atoms with van der Waals surface area (Å²) >= 11 is 0. The third-order valence-corrected chi connectivity index (χ3v) is 7.53. The maximum atomic E-state index is 13.3. The number of amides is 1. The van der Waals surface area contributed by atoms with Crippen molar-refractivity contribution in [3.63, 3.8) is 0 Å². The Hall–Kier alpha value is -3.98. The molecule has 0 aliphatic carbocycles. The van der Waals surface area contributed by atoms with Gasteiger partial charge in [-0.2, -0.15) is 0 Å². The van der Waals surface area contributed by atoms with Gasteiger partial charge in [-0.05, 0) is 61.7 Å². The molecule has 2 aliphatic rings. The number of nitrogens with one attached hydrogen (secondary N) is 1. The molecule has 1 fully saturated rings. The Morgan fingerprint density at radius 1 is 1.05 bits per heavy atom. The highest BCUT2D eigenvalue weighted by Gasteiger charge is 2.36. The van der Waals surface area contributed by atoms with Crippen LogP contribution in [-0.2, 0) is 17.9 Å².